The first-order valence-electron chi connectivity index (χ1n) is 12.2. The van der Waals surface area contributed by atoms with Gasteiger partial charge in [0.05, 0.1) is 12.2 Å². The molecule has 0 amide bonds. The fourth-order valence-corrected chi connectivity index (χ4v) is 4.66. The molecule has 4 aromatic rings. The van der Waals surface area contributed by atoms with Gasteiger partial charge < -0.3 is 14.6 Å². The molecule has 0 unspecified atom stereocenters. The van der Waals surface area contributed by atoms with Crippen LogP contribution in [-0.2, 0) is 6.54 Å². The summed E-state index contributed by atoms with van der Waals surface area (Å²) in [6, 6.07) is 14.2. The number of aromatic nitrogens is 4. The number of aryl methyl sites for hydroxylation is 1. The van der Waals surface area contributed by atoms with Crippen molar-refractivity contribution < 1.29 is 4.74 Å². The van der Waals surface area contributed by atoms with E-state index in [2.05, 4.69) is 46.3 Å². The van der Waals surface area contributed by atoms with E-state index < -0.39 is 0 Å². The second-order valence-electron chi connectivity index (χ2n) is 9.36. The third-order valence-corrected chi connectivity index (χ3v) is 6.90. The maximum absolute atomic E-state index is 6.37. The summed E-state index contributed by atoms with van der Waals surface area (Å²) < 4.78 is 8.29. The maximum atomic E-state index is 6.37. The Balaban J connectivity index is 1.69. The van der Waals surface area contributed by atoms with E-state index in [1.54, 1.807) is 0 Å². The van der Waals surface area contributed by atoms with Crippen molar-refractivity contribution in [1.82, 2.24) is 19.5 Å². The van der Waals surface area contributed by atoms with E-state index in [9.17, 15) is 0 Å². The van der Waals surface area contributed by atoms with Gasteiger partial charge in [-0.25, -0.2) is 4.98 Å². The summed E-state index contributed by atoms with van der Waals surface area (Å²) in [6.07, 6.45) is 5.04. The lowest BCUT2D eigenvalue weighted by atomic mass is 10.1. The van der Waals surface area contributed by atoms with Crippen molar-refractivity contribution in [3.8, 4) is 17.1 Å². The van der Waals surface area contributed by atoms with Gasteiger partial charge in [-0.2, -0.15) is 9.97 Å². The normalized spacial score (nSPS) is 14.1. The number of rotatable bonds is 10. The summed E-state index contributed by atoms with van der Waals surface area (Å²) >= 11 is 12.5. The highest BCUT2D eigenvalue weighted by molar-refractivity contribution is 6.30. The molecule has 1 fully saturated rings. The van der Waals surface area contributed by atoms with Gasteiger partial charge in [0, 0.05) is 17.6 Å². The lowest BCUT2D eigenvalue weighted by molar-refractivity contribution is 0.326. The molecular formula is C28H29Cl2N5O. The minimum atomic E-state index is 0.169. The molecule has 186 valence electrons. The SMILES string of the molecule is C=CCCOc1ccc(C)cc1-c1nc2nc(Cl)nc(N[C@H](C)C3CC3)c2n1Cc1ccc(Cl)cc1. The van der Waals surface area contributed by atoms with Crippen LogP contribution in [0, 0.1) is 12.8 Å². The Labute approximate surface area is 221 Å². The van der Waals surface area contributed by atoms with Gasteiger partial charge in [0.1, 0.15) is 17.1 Å². The van der Waals surface area contributed by atoms with Crippen LogP contribution in [0.2, 0.25) is 10.3 Å². The molecule has 6 nitrogen and oxygen atoms in total. The van der Waals surface area contributed by atoms with Gasteiger partial charge >= 0.3 is 0 Å². The minimum absolute atomic E-state index is 0.169. The summed E-state index contributed by atoms with van der Waals surface area (Å²) in [5.74, 6) is 2.84. The van der Waals surface area contributed by atoms with Crippen LogP contribution < -0.4 is 10.1 Å². The first-order chi connectivity index (χ1) is 17.4. The summed E-state index contributed by atoms with van der Waals surface area (Å²) in [6.45, 7) is 9.14. The highest BCUT2D eigenvalue weighted by atomic mass is 35.5. The highest BCUT2D eigenvalue weighted by Crippen LogP contribution is 2.38. The van der Waals surface area contributed by atoms with Gasteiger partial charge in [0.15, 0.2) is 11.5 Å². The molecule has 8 heteroatoms. The molecular weight excluding hydrogens is 493 g/mol. The summed E-state index contributed by atoms with van der Waals surface area (Å²) in [5, 5.41) is 4.46. The number of hydrogen-bond donors (Lipinski definition) is 1. The van der Waals surface area contributed by atoms with E-state index in [1.807, 2.05) is 42.5 Å². The van der Waals surface area contributed by atoms with Gasteiger partial charge in [-0.3, -0.25) is 0 Å². The van der Waals surface area contributed by atoms with E-state index in [1.165, 1.54) is 12.8 Å². The van der Waals surface area contributed by atoms with Gasteiger partial charge in [0.2, 0.25) is 5.28 Å². The van der Waals surface area contributed by atoms with Crippen LogP contribution >= 0.6 is 23.2 Å². The molecule has 2 aromatic carbocycles. The van der Waals surface area contributed by atoms with Crippen LogP contribution in [0.3, 0.4) is 0 Å². The molecule has 1 N–H and O–H groups in total. The average molecular weight is 522 g/mol. The summed E-state index contributed by atoms with van der Waals surface area (Å²) in [7, 11) is 0. The standard InChI is InChI=1S/C28H29Cl2N5O/c1-4-5-14-36-23-13-6-17(2)15-22(23)27-32-26-24(35(27)16-19-7-11-21(29)12-8-19)25(33-28(30)34-26)31-18(3)20-9-10-20/h4,6-8,11-13,15,18,20H,1,5,9-10,14,16H2,2-3H3,(H,31,33,34)/t18-/m1/s1. The topological polar surface area (TPSA) is 64.9 Å². The first-order valence-corrected chi connectivity index (χ1v) is 13.0. The third kappa shape index (κ3) is 5.35. The Kier molecular flexibility index (Phi) is 7.17. The van der Waals surface area contributed by atoms with Crippen LogP contribution in [0.1, 0.15) is 37.3 Å². The molecule has 1 saturated carbocycles. The summed E-state index contributed by atoms with van der Waals surface area (Å²) in [5.41, 5.74) is 4.44. The van der Waals surface area contributed by atoms with Crippen LogP contribution in [0.5, 0.6) is 5.75 Å². The highest BCUT2D eigenvalue weighted by Gasteiger charge is 2.30. The maximum Gasteiger partial charge on any atom is 0.226 e. The number of hydrogen-bond acceptors (Lipinski definition) is 5. The van der Waals surface area contributed by atoms with Crippen molar-refractivity contribution in [3.05, 3.63) is 76.6 Å². The summed E-state index contributed by atoms with van der Waals surface area (Å²) in [4.78, 5) is 14.1. The van der Waals surface area contributed by atoms with Crippen molar-refractivity contribution in [3.63, 3.8) is 0 Å². The Morgan fingerprint density at radius 1 is 1.14 bits per heavy atom. The van der Waals surface area contributed by atoms with Gasteiger partial charge in [-0.05, 0) is 80.5 Å². The van der Waals surface area contributed by atoms with Crippen LogP contribution in [0.25, 0.3) is 22.6 Å². The fourth-order valence-electron chi connectivity index (χ4n) is 4.37. The predicted octanol–water partition coefficient (Wildman–Crippen LogP) is 7.32. The van der Waals surface area contributed by atoms with E-state index in [0.717, 1.165) is 40.2 Å². The Bertz CT molecular complexity index is 1400. The Morgan fingerprint density at radius 3 is 2.64 bits per heavy atom. The molecule has 2 heterocycles. The molecule has 0 radical (unpaired) electrons. The van der Waals surface area contributed by atoms with Crippen molar-refractivity contribution in [1.29, 1.82) is 0 Å². The third-order valence-electron chi connectivity index (χ3n) is 6.48. The van der Waals surface area contributed by atoms with Crippen molar-refractivity contribution in [2.24, 2.45) is 5.92 Å². The molecule has 36 heavy (non-hydrogen) atoms. The number of benzene rings is 2. The lowest BCUT2D eigenvalue weighted by Gasteiger charge is -2.17. The average Bonchev–Trinajstić information content (AvgIpc) is 3.64. The molecule has 1 atom stereocenters. The van der Waals surface area contributed by atoms with E-state index in [-0.39, 0.29) is 11.3 Å². The van der Waals surface area contributed by atoms with Crippen LogP contribution in [0.4, 0.5) is 5.82 Å². The molecule has 1 aliphatic rings. The van der Waals surface area contributed by atoms with E-state index in [4.69, 9.17) is 32.9 Å². The second kappa shape index (κ2) is 10.5. The zero-order valence-corrected chi connectivity index (χ0v) is 22.0. The Morgan fingerprint density at radius 2 is 1.92 bits per heavy atom. The van der Waals surface area contributed by atoms with Gasteiger partial charge in [-0.15, -0.1) is 6.58 Å². The van der Waals surface area contributed by atoms with Gasteiger partial charge in [-0.1, -0.05) is 41.4 Å². The molecule has 2 aromatic heterocycles. The number of anilines is 1. The second-order valence-corrected chi connectivity index (χ2v) is 10.1. The molecule has 0 saturated heterocycles. The first kappa shape index (κ1) is 24.6. The molecule has 0 spiro atoms. The van der Waals surface area contributed by atoms with Crippen molar-refractivity contribution in [2.45, 2.75) is 45.7 Å². The largest absolute Gasteiger partial charge is 0.493 e. The molecule has 0 bridgehead atoms. The monoisotopic (exact) mass is 521 g/mol. The van der Waals surface area contributed by atoms with Gasteiger partial charge in [0.25, 0.3) is 0 Å². The Hall–Kier alpha value is -3.09. The zero-order chi connectivity index (χ0) is 25.2. The van der Waals surface area contributed by atoms with Crippen molar-refractivity contribution >= 4 is 40.2 Å². The van der Waals surface area contributed by atoms with Crippen LogP contribution in [0.15, 0.2) is 55.1 Å². The minimum Gasteiger partial charge on any atom is -0.493 e. The number of halogens is 2. The van der Waals surface area contributed by atoms with E-state index >= 15 is 0 Å². The number of nitrogens with zero attached hydrogens (tertiary/aromatic N) is 4. The molecule has 0 aliphatic heterocycles. The lowest BCUT2D eigenvalue weighted by Crippen LogP contribution is -2.19. The zero-order valence-electron chi connectivity index (χ0n) is 20.5. The smallest absolute Gasteiger partial charge is 0.226 e. The number of imidazole rings is 1. The molecule has 5 rings (SSSR count). The molecule has 1 aliphatic carbocycles. The van der Waals surface area contributed by atoms with Crippen LogP contribution in [-0.4, -0.2) is 32.2 Å². The van der Waals surface area contributed by atoms with E-state index in [0.29, 0.717) is 35.6 Å². The quantitative estimate of drug-likeness (QED) is 0.134. The number of fused-ring (bicyclic) bond motifs is 1. The van der Waals surface area contributed by atoms with Crippen molar-refractivity contribution in [2.75, 3.05) is 11.9 Å². The number of nitrogens with one attached hydrogen (secondary N) is 1. The predicted molar refractivity (Wildman–Crippen MR) is 147 cm³/mol. The number of ether oxygens (including phenoxy) is 1. The fraction of sp³-hybridized carbons (Fsp3) is 0.321.